The van der Waals surface area contributed by atoms with Gasteiger partial charge in [0.2, 0.25) is 0 Å². The summed E-state index contributed by atoms with van der Waals surface area (Å²) in [5.41, 5.74) is 1.48. The van der Waals surface area contributed by atoms with Crippen molar-refractivity contribution in [3.8, 4) is 67.5 Å². The number of alkyl halides is 3. The number of aromatic hydroxyl groups is 3. The van der Waals surface area contributed by atoms with E-state index in [0.29, 0.717) is 124 Å². The van der Waals surface area contributed by atoms with Crippen molar-refractivity contribution in [1.82, 2.24) is 0 Å². The maximum atomic E-state index is 12.8. The molecular formula is C82H76BF3IN3O17S. The number of rotatable bonds is 10. The van der Waals surface area contributed by atoms with Gasteiger partial charge in [0.15, 0.2) is 45.3 Å². The normalized spacial score (nSPS) is 15.5. The van der Waals surface area contributed by atoms with Crippen LogP contribution >= 0.6 is 22.6 Å². The molecule has 4 fully saturated rings. The lowest BCUT2D eigenvalue weighted by Crippen LogP contribution is -2.41. The minimum atomic E-state index is -5.89. The van der Waals surface area contributed by atoms with E-state index in [2.05, 4.69) is 26.8 Å². The third-order valence-corrected chi connectivity index (χ3v) is 20.2. The van der Waals surface area contributed by atoms with E-state index < -0.39 is 45.1 Å². The second-order valence-electron chi connectivity index (χ2n) is 26.3. The summed E-state index contributed by atoms with van der Waals surface area (Å²) in [6, 6.07) is 66.8. The molecule has 0 saturated carbocycles. The van der Waals surface area contributed by atoms with Gasteiger partial charge in [-0.05, 0) is 133 Å². The highest BCUT2D eigenvalue weighted by Crippen LogP contribution is 2.40. The maximum absolute atomic E-state index is 12.8. The summed E-state index contributed by atoms with van der Waals surface area (Å²) in [5.74, 6) is 1.38. The number of halogens is 4. The van der Waals surface area contributed by atoms with Gasteiger partial charge in [0, 0.05) is 88.8 Å². The van der Waals surface area contributed by atoms with Gasteiger partial charge in [0.1, 0.15) is 28.4 Å². The summed E-state index contributed by atoms with van der Waals surface area (Å²) in [7, 11) is -6.47. The molecule has 20 nitrogen and oxygen atoms in total. The molecule has 558 valence electrons. The van der Waals surface area contributed by atoms with Crippen molar-refractivity contribution in [3.63, 3.8) is 0 Å². The van der Waals surface area contributed by atoms with Gasteiger partial charge in [-0.15, -0.1) is 0 Å². The number of nitrogens with zero attached hydrogens (tertiary/aromatic N) is 3. The molecule has 0 bridgehead atoms. The molecule has 4 aliphatic heterocycles. The van der Waals surface area contributed by atoms with Gasteiger partial charge in [0.25, 0.3) is 0 Å². The minimum absolute atomic E-state index is 0.0638. The molecule has 16 rings (SSSR count). The molecule has 9 aromatic carbocycles. The van der Waals surface area contributed by atoms with Crippen LogP contribution in [-0.2, 0) is 33.6 Å². The van der Waals surface area contributed by atoms with Crippen molar-refractivity contribution in [2.24, 2.45) is 0 Å². The molecule has 0 spiro atoms. The first-order valence-corrected chi connectivity index (χ1v) is 37.1. The third-order valence-electron chi connectivity index (χ3n) is 18.6. The highest BCUT2D eigenvalue weighted by molar-refractivity contribution is 14.1. The molecule has 3 N–H and O–H groups in total. The van der Waals surface area contributed by atoms with Crippen molar-refractivity contribution in [2.45, 2.75) is 44.4 Å². The molecule has 12 aromatic rings. The number of phenols is 3. The molecule has 0 atom stereocenters. The Kier molecular flexibility index (Phi) is 24.1. The van der Waals surface area contributed by atoms with E-state index in [0.717, 1.165) is 59.6 Å². The Labute approximate surface area is 634 Å². The van der Waals surface area contributed by atoms with Crippen LogP contribution in [0.2, 0.25) is 0 Å². The number of benzene rings is 9. The van der Waals surface area contributed by atoms with Gasteiger partial charge >= 0.3 is 22.7 Å². The molecule has 0 radical (unpaired) electrons. The van der Waals surface area contributed by atoms with E-state index in [9.17, 15) is 51.3 Å². The van der Waals surface area contributed by atoms with E-state index in [4.69, 9.17) is 36.8 Å². The Hall–Kier alpha value is -10.5. The van der Waals surface area contributed by atoms with Crippen molar-refractivity contribution in [3.05, 3.63) is 259 Å². The standard InChI is InChI=1S/C25H21NO4.C19H24BNO5.C14H12F3NO6S.C12H9IO.C12H10O/c27-22-10-9-18(15-21(22)17-5-2-1-3-6-17)19-7-4-8-20-23(28)16-24(30-25(19)20)26-11-13-29-14-12-26;1-18(2)19(3,4)26-20(25-18)14-7-5-6-13-15(22)12-16(24-17(13)14)21-8-10-23-11-9-21;15-14(16,17)25(20,21)24-11-3-1-2-9-10(19)8-12(23-13(9)11)18-4-6-22-7-5-18;13-10-6-7-12(14)11(8-10)9-4-2-1-3-5-9;13-12-9-5-4-8-11(12)10-6-2-1-3-7-10/h1-10,15-16,27H,11-14H2;5-7,12H,8-11H2,1-4H3;1-3,8H,4-7H2;1-8,14H;1-9,13H. The SMILES string of the molecule is CC1(C)OB(c2cccc3c(=O)cc(N4CCOCC4)oc23)OC1(C)C.O=c1cc(N2CCOCC2)oc2c(-c3ccc(O)c(-c4ccccc4)c3)cccc12.O=c1cc(N2CCOCC2)oc2c(OS(=O)(=O)C(F)(F)F)cccc12.Oc1ccc(I)cc1-c1ccccc1.Oc1ccccc1-c1ccccc1. The summed E-state index contributed by atoms with van der Waals surface area (Å²) < 4.78 is 112. The summed E-state index contributed by atoms with van der Waals surface area (Å²) >= 11 is 2.24. The second kappa shape index (κ2) is 33.8. The number of fused-ring (bicyclic) bond motifs is 3. The average molecular weight is 1600 g/mol. The fraction of sp³-hybridized carbons (Fsp3) is 0.232. The largest absolute Gasteiger partial charge is 0.534 e. The average Bonchev–Trinajstić information content (AvgIpc) is 1.49. The van der Waals surface area contributed by atoms with Crippen LogP contribution in [0.3, 0.4) is 0 Å². The molecule has 4 aliphatic rings. The first-order chi connectivity index (χ1) is 51.8. The zero-order valence-corrected chi connectivity index (χ0v) is 62.2. The number of hydrogen-bond acceptors (Lipinski definition) is 20. The molecule has 0 unspecified atom stereocenters. The van der Waals surface area contributed by atoms with Crippen LogP contribution in [0, 0.1) is 3.57 Å². The van der Waals surface area contributed by atoms with Crippen LogP contribution in [0.5, 0.6) is 23.0 Å². The lowest BCUT2D eigenvalue weighted by molar-refractivity contribution is -0.0499. The van der Waals surface area contributed by atoms with Gasteiger partial charge < -0.3 is 71.0 Å². The van der Waals surface area contributed by atoms with Gasteiger partial charge in [0.05, 0.1) is 67.0 Å². The van der Waals surface area contributed by atoms with Crippen molar-refractivity contribution in [2.75, 3.05) is 93.6 Å². The second-order valence-corrected chi connectivity index (χ2v) is 29.0. The molecule has 0 aliphatic carbocycles. The number of phenolic OH excluding ortho intramolecular Hbond substituents is 3. The summed E-state index contributed by atoms with van der Waals surface area (Å²) in [6.45, 7) is 14.9. The van der Waals surface area contributed by atoms with Crippen molar-refractivity contribution >= 4 is 95.9 Å². The number of anilines is 3. The van der Waals surface area contributed by atoms with Gasteiger partial charge in [-0.2, -0.15) is 21.6 Å². The molecule has 108 heavy (non-hydrogen) atoms. The lowest BCUT2D eigenvalue weighted by atomic mass is 9.78. The highest BCUT2D eigenvalue weighted by atomic mass is 127. The van der Waals surface area contributed by atoms with Crippen molar-refractivity contribution < 1.29 is 77.9 Å². The van der Waals surface area contributed by atoms with Gasteiger partial charge in [-0.3, -0.25) is 14.4 Å². The van der Waals surface area contributed by atoms with Crippen LogP contribution in [0.25, 0.3) is 77.4 Å². The number of ether oxygens (including phenoxy) is 3. The highest BCUT2D eigenvalue weighted by Gasteiger charge is 2.53. The number of para-hydroxylation sites is 4. The van der Waals surface area contributed by atoms with Crippen LogP contribution < -0.4 is 40.6 Å². The summed E-state index contributed by atoms with van der Waals surface area (Å²) in [6.07, 6.45) is 0. The van der Waals surface area contributed by atoms with E-state index in [1.165, 1.54) is 18.2 Å². The quantitative estimate of drug-likeness (QED) is 0.0498. The van der Waals surface area contributed by atoms with E-state index in [1.807, 2.05) is 195 Å². The topological polar surface area (TPSA) is 251 Å². The zero-order valence-electron chi connectivity index (χ0n) is 59.2. The smallest absolute Gasteiger partial charge is 0.507 e. The summed E-state index contributed by atoms with van der Waals surface area (Å²) in [4.78, 5) is 43.4. The molecule has 3 aromatic heterocycles. The lowest BCUT2D eigenvalue weighted by Gasteiger charge is -2.32. The summed E-state index contributed by atoms with van der Waals surface area (Å²) in [5, 5.41) is 30.7. The molecular weight excluding hydrogens is 1530 g/mol. The predicted octanol–water partition coefficient (Wildman–Crippen LogP) is 15.2. The minimum Gasteiger partial charge on any atom is -0.507 e. The van der Waals surface area contributed by atoms with E-state index in [-0.39, 0.29) is 33.5 Å². The Morgan fingerprint density at radius 2 is 0.796 bits per heavy atom. The van der Waals surface area contributed by atoms with Crippen LogP contribution in [0.1, 0.15) is 27.7 Å². The monoisotopic (exact) mass is 1600 g/mol. The first-order valence-electron chi connectivity index (χ1n) is 34.6. The van der Waals surface area contributed by atoms with Crippen LogP contribution in [0.4, 0.5) is 30.8 Å². The Morgan fingerprint density at radius 1 is 0.417 bits per heavy atom. The molecule has 4 saturated heterocycles. The fourth-order valence-corrected chi connectivity index (χ4v) is 13.1. The third kappa shape index (κ3) is 18.0. The molecule has 0 amide bonds. The Morgan fingerprint density at radius 3 is 1.28 bits per heavy atom. The number of hydrogen-bond donors (Lipinski definition) is 3. The van der Waals surface area contributed by atoms with E-state index in [1.54, 1.807) is 47.4 Å². The first kappa shape index (κ1) is 77.2. The number of morpholine rings is 3. The Balaban J connectivity index is 0.000000130. The van der Waals surface area contributed by atoms with Crippen LogP contribution in [-0.4, -0.2) is 126 Å². The maximum Gasteiger partial charge on any atom is 0.534 e. The molecule has 7 heterocycles. The van der Waals surface area contributed by atoms with Crippen LogP contribution in [0.15, 0.2) is 252 Å². The predicted molar refractivity (Wildman–Crippen MR) is 420 cm³/mol. The van der Waals surface area contributed by atoms with E-state index >= 15 is 0 Å². The Bertz CT molecular complexity index is 5430. The van der Waals surface area contributed by atoms with Crippen molar-refractivity contribution in [1.29, 1.82) is 0 Å². The van der Waals surface area contributed by atoms with Gasteiger partial charge in [-0.25, -0.2) is 0 Å². The fourth-order valence-electron chi connectivity index (χ4n) is 12.2. The molecule has 26 heteroatoms. The zero-order chi connectivity index (χ0) is 76.3. The van der Waals surface area contributed by atoms with Gasteiger partial charge in [-0.1, -0.05) is 146 Å².